The molecule has 4 rings (SSSR count). The molecule has 10 heteroatoms. The Bertz CT molecular complexity index is 1290. The topological polar surface area (TPSA) is 113 Å². The van der Waals surface area contributed by atoms with E-state index in [4.69, 9.17) is 20.9 Å². The molecule has 1 aromatic carbocycles. The highest BCUT2D eigenvalue weighted by atomic mass is 19.1. The zero-order chi connectivity index (χ0) is 27.4. The fourth-order valence-electron chi connectivity index (χ4n) is 5.16. The molecule has 7 nitrogen and oxygen atoms in total. The quantitative estimate of drug-likeness (QED) is 0.302. The van der Waals surface area contributed by atoms with Gasteiger partial charge in [0.05, 0.1) is 17.9 Å². The van der Waals surface area contributed by atoms with Crippen LogP contribution in [0.25, 0.3) is 11.3 Å². The fourth-order valence-corrected chi connectivity index (χ4v) is 5.16. The molecule has 1 aliphatic carbocycles. The van der Waals surface area contributed by atoms with Crippen molar-refractivity contribution in [3.8, 4) is 17.0 Å². The van der Waals surface area contributed by atoms with Gasteiger partial charge in [0.25, 0.3) is 0 Å². The van der Waals surface area contributed by atoms with E-state index in [9.17, 15) is 18.0 Å². The van der Waals surface area contributed by atoms with Crippen molar-refractivity contribution < 1.29 is 27.4 Å². The van der Waals surface area contributed by atoms with Gasteiger partial charge in [-0.2, -0.15) is 0 Å². The summed E-state index contributed by atoms with van der Waals surface area (Å²) in [5.41, 5.74) is 12.0. The van der Waals surface area contributed by atoms with E-state index in [0.29, 0.717) is 11.5 Å². The molecule has 0 spiro atoms. The maximum Gasteiger partial charge on any atom is 0.187 e. The number of hydrogen-bond acceptors (Lipinski definition) is 7. The molecule has 1 saturated carbocycles. The van der Waals surface area contributed by atoms with Gasteiger partial charge in [0, 0.05) is 50.2 Å². The number of hydrogen-bond donors (Lipinski definition) is 2. The first kappa shape index (κ1) is 27.5. The summed E-state index contributed by atoms with van der Waals surface area (Å²) in [6, 6.07) is 4.64. The van der Waals surface area contributed by atoms with Crippen molar-refractivity contribution in [1.82, 2.24) is 9.97 Å². The van der Waals surface area contributed by atoms with Crippen LogP contribution in [0.15, 0.2) is 36.7 Å². The molecule has 202 valence electrons. The van der Waals surface area contributed by atoms with E-state index >= 15 is 0 Å². The molecule has 0 saturated heterocycles. The molecular weight excluding hydrogens is 497 g/mol. The molecule has 3 atom stereocenters. The molecule has 3 aromatic rings. The predicted molar refractivity (Wildman–Crippen MR) is 137 cm³/mol. The number of pyridine rings is 2. The van der Waals surface area contributed by atoms with Crippen LogP contribution in [-0.2, 0) is 11.2 Å². The molecule has 38 heavy (non-hydrogen) atoms. The number of ether oxygens (including phenoxy) is 2. The van der Waals surface area contributed by atoms with E-state index in [2.05, 4.69) is 16.9 Å². The van der Waals surface area contributed by atoms with Gasteiger partial charge in [0.2, 0.25) is 0 Å². The van der Waals surface area contributed by atoms with Crippen LogP contribution in [0.5, 0.6) is 5.75 Å². The van der Waals surface area contributed by atoms with Crippen LogP contribution >= 0.6 is 0 Å². The minimum absolute atomic E-state index is 0.0685. The summed E-state index contributed by atoms with van der Waals surface area (Å²) >= 11 is 0. The van der Waals surface area contributed by atoms with Gasteiger partial charge >= 0.3 is 0 Å². The number of Topliss-reactive ketones (excluding diaryl/α,β-unsaturated/α-hetero) is 1. The Hall–Kier alpha value is -3.50. The van der Waals surface area contributed by atoms with E-state index < -0.39 is 34.5 Å². The maximum atomic E-state index is 14.9. The van der Waals surface area contributed by atoms with Crippen molar-refractivity contribution in [2.24, 2.45) is 11.7 Å². The lowest BCUT2D eigenvalue weighted by molar-refractivity contribution is 0.0988. The first-order valence-corrected chi connectivity index (χ1v) is 12.5. The number of ketones is 1. The van der Waals surface area contributed by atoms with Crippen molar-refractivity contribution in [3.63, 3.8) is 0 Å². The first-order chi connectivity index (χ1) is 18.2. The largest absolute Gasteiger partial charge is 0.491 e. The van der Waals surface area contributed by atoms with Gasteiger partial charge in [0.1, 0.15) is 35.4 Å². The minimum atomic E-state index is -1.09. The number of halogens is 3. The van der Waals surface area contributed by atoms with Crippen LogP contribution in [-0.4, -0.2) is 42.1 Å². The van der Waals surface area contributed by atoms with E-state index in [1.54, 1.807) is 12.4 Å². The van der Waals surface area contributed by atoms with E-state index in [-0.39, 0.29) is 48.7 Å². The number of rotatable bonds is 9. The molecule has 4 N–H and O–H groups in total. The molecule has 2 heterocycles. The maximum absolute atomic E-state index is 14.9. The smallest absolute Gasteiger partial charge is 0.187 e. The number of carbonyl (C=O) groups is 1. The highest BCUT2D eigenvalue weighted by molar-refractivity contribution is 6.00. The van der Waals surface area contributed by atoms with Crippen molar-refractivity contribution in [1.29, 1.82) is 0 Å². The molecule has 1 aliphatic rings. The third kappa shape index (κ3) is 6.14. The van der Waals surface area contributed by atoms with Gasteiger partial charge in [-0.25, -0.2) is 18.2 Å². The molecule has 2 aromatic heterocycles. The number of nitrogen functional groups attached to an aromatic ring is 1. The van der Waals surface area contributed by atoms with Crippen molar-refractivity contribution in [2.45, 2.75) is 44.6 Å². The van der Waals surface area contributed by atoms with Gasteiger partial charge in [-0.05, 0) is 48.3 Å². The average molecular weight is 529 g/mol. The zero-order valence-corrected chi connectivity index (χ0v) is 21.3. The summed E-state index contributed by atoms with van der Waals surface area (Å²) in [6.07, 6.45) is 5.85. The van der Waals surface area contributed by atoms with Crippen molar-refractivity contribution in [2.75, 3.05) is 26.1 Å². The molecule has 0 bridgehead atoms. The molecular formula is C28H31F3N4O3. The average Bonchev–Trinajstić information content (AvgIpc) is 2.84. The minimum Gasteiger partial charge on any atom is -0.491 e. The van der Waals surface area contributed by atoms with Crippen molar-refractivity contribution >= 4 is 11.5 Å². The third-order valence-electron chi connectivity index (χ3n) is 6.79. The summed E-state index contributed by atoms with van der Waals surface area (Å²) in [7, 11) is 1.46. The Morgan fingerprint density at radius 3 is 2.50 bits per heavy atom. The normalized spacial score (nSPS) is 19.4. The van der Waals surface area contributed by atoms with Crippen LogP contribution in [0.4, 0.5) is 18.9 Å². The van der Waals surface area contributed by atoms with Gasteiger partial charge in [-0.1, -0.05) is 6.92 Å². The first-order valence-electron chi connectivity index (χ1n) is 12.5. The third-order valence-corrected chi connectivity index (χ3v) is 6.79. The molecule has 0 radical (unpaired) electrons. The van der Waals surface area contributed by atoms with E-state index in [1.165, 1.54) is 7.11 Å². The lowest BCUT2D eigenvalue weighted by Gasteiger charge is -2.32. The van der Waals surface area contributed by atoms with Crippen LogP contribution in [0.3, 0.4) is 0 Å². The Balaban J connectivity index is 1.64. The van der Waals surface area contributed by atoms with Crippen molar-refractivity contribution in [3.05, 3.63) is 70.9 Å². The lowest BCUT2D eigenvalue weighted by atomic mass is 9.75. The second-order valence-corrected chi connectivity index (χ2v) is 9.80. The zero-order valence-electron chi connectivity index (χ0n) is 21.3. The number of methoxy groups -OCH3 is 1. The van der Waals surface area contributed by atoms with Gasteiger partial charge in [-0.15, -0.1) is 0 Å². The highest BCUT2D eigenvalue weighted by Crippen LogP contribution is 2.37. The van der Waals surface area contributed by atoms with Gasteiger partial charge < -0.3 is 20.9 Å². The van der Waals surface area contributed by atoms with Crippen LogP contribution in [0.1, 0.15) is 53.7 Å². The summed E-state index contributed by atoms with van der Waals surface area (Å²) in [6.45, 7) is 2.44. The fraction of sp³-hybridized carbons (Fsp3) is 0.393. The SMILES string of the molecule is COCCOc1cc(F)c(-c2nc(C(=O)Cc3cnccc3[C@@H]3C[C@H](C)C[C@H](N)C3)c(N)cc2F)c(F)c1. The Kier molecular flexibility index (Phi) is 8.63. The van der Waals surface area contributed by atoms with Crippen LogP contribution < -0.4 is 16.2 Å². The number of nitrogens with two attached hydrogens (primary N) is 2. The number of benzene rings is 1. The Morgan fingerprint density at radius 2 is 1.82 bits per heavy atom. The Labute approximate surface area is 219 Å². The summed E-state index contributed by atoms with van der Waals surface area (Å²) < 4.78 is 54.7. The molecule has 0 unspecified atom stereocenters. The molecule has 1 fully saturated rings. The second kappa shape index (κ2) is 11.9. The monoisotopic (exact) mass is 528 g/mol. The second-order valence-electron chi connectivity index (χ2n) is 9.80. The standard InChI is InChI=1S/C28H31F3N4O3/c1-15-7-16(9-18(32)8-15)20-3-4-34-14-17(20)10-25(36)28-24(33)13-23(31)27(35-28)26-21(29)11-19(12-22(26)30)38-6-5-37-2/h3-4,11-16,18H,5-10,32-33H2,1-2H3/t15-,16+,18-/m0/s1. The van der Waals surface area contributed by atoms with E-state index in [0.717, 1.165) is 43.0 Å². The number of anilines is 1. The summed E-state index contributed by atoms with van der Waals surface area (Å²) in [4.78, 5) is 21.5. The predicted octanol–water partition coefficient (Wildman–Crippen LogP) is 4.82. The Morgan fingerprint density at radius 1 is 1.08 bits per heavy atom. The molecule has 0 amide bonds. The number of nitrogens with zero attached hydrogens (tertiary/aromatic N) is 2. The van der Waals surface area contributed by atoms with Crippen LogP contribution in [0.2, 0.25) is 0 Å². The number of aromatic nitrogens is 2. The lowest BCUT2D eigenvalue weighted by Crippen LogP contribution is -2.31. The summed E-state index contributed by atoms with van der Waals surface area (Å²) in [5, 5.41) is 0. The van der Waals surface area contributed by atoms with Gasteiger partial charge in [0.15, 0.2) is 11.6 Å². The number of carbonyl (C=O) groups excluding carboxylic acids is 1. The highest BCUT2D eigenvalue weighted by Gasteiger charge is 2.28. The molecule has 0 aliphatic heterocycles. The van der Waals surface area contributed by atoms with Gasteiger partial charge in [-0.3, -0.25) is 9.78 Å². The summed E-state index contributed by atoms with van der Waals surface area (Å²) in [5.74, 6) is -3.24. The van der Waals surface area contributed by atoms with E-state index in [1.807, 2.05) is 6.07 Å². The van der Waals surface area contributed by atoms with Crippen LogP contribution in [0, 0.1) is 23.4 Å².